The Morgan fingerprint density at radius 2 is 2.05 bits per heavy atom. The summed E-state index contributed by atoms with van der Waals surface area (Å²) in [7, 11) is 0. The van der Waals surface area contributed by atoms with E-state index < -0.39 is 0 Å². The van der Waals surface area contributed by atoms with Crippen molar-refractivity contribution >= 4 is 0 Å². The molecule has 0 saturated carbocycles. The summed E-state index contributed by atoms with van der Waals surface area (Å²) in [6.45, 7) is 6.26. The molecule has 0 amide bonds. The zero-order valence-corrected chi connectivity index (χ0v) is 11.8. The van der Waals surface area contributed by atoms with Crippen molar-refractivity contribution in [3.8, 4) is 0 Å². The Kier molecular flexibility index (Phi) is 5.16. The maximum atomic E-state index is 4.31. The van der Waals surface area contributed by atoms with E-state index in [1.54, 1.807) is 0 Å². The van der Waals surface area contributed by atoms with Gasteiger partial charge < -0.3 is 5.32 Å². The van der Waals surface area contributed by atoms with Crippen LogP contribution in [0.2, 0.25) is 0 Å². The van der Waals surface area contributed by atoms with E-state index in [9.17, 15) is 0 Å². The molecular formula is C16H23N3. The molecule has 1 atom stereocenters. The molecule has 1 N–H and O–H groups in total. The molecule has 2 rings (SSSR count). The molecule has 1 heterocycles. The lowest BCUT2D eigenvalue weighted by molar-refractivity contribution is 0.448. The van der Waals surface area contributed by atoms with Gasteiger partial charge in [0, 0.05) is 12.2 Å². The van der Waals surface area contributed by atoms with Crippen LogP contribution in [0.5, 0.6) is 0 Å². The fourth-order valence-corrected chi connectivity index (χ4v) is 2.20. The van der Waals surface area contributed by atoms with Crippen LogP contribution >= 0.6 is 0 Å². The van der Waals surface area contributed by atoms with Crippen LogP contribution < -0.4 is 5.32 Å². The van der Waals surface area contributed by atoms with Gasteiger partial charge in [0.25, 0.3) is 0 Å². The largest absolute Gasteiger partial charge is 0.312 e. The van der Waals surface area contributed by atoms with Gasteiger partial charge in [-0.3, -0.25) is 4.68 Å². The lowest BCUT2D eigenvalue weighted by atomic mass is 10.1. The van der Waals surface area contributed by atoms with Gasteiger partial charge in [0.15, 0.2) is 0 Å². The van der Waals surface area contributed by atoms with E-state index >= 15 is 0 Å². The van der Waals surface area contributed by atoms with Crippen LogP contribution in [0.15, 0.2) is 42.7 Å². The fraction of sp³-hybridized carbons (Fsp3) is 0.438. The minimum Gasteiger partial charge on any atom is -0.312 e. The number of aryl methyl sites for hydroxylation is 2. The van der Waals surface area contributed by atoms with E-state index in [-0.39, 0.29) is 0 Å². The smallest absolute Gasteiger partial charge is 0.0560 e. The topological polar surface area (TPSA) is 29.9 Å². The van der Waals surface area contributed by atoms with Crippen molar-refractivity contribution in [2.45, 2.75) is 39.3 Å². The molecule has 102 valence electrons. The molecular weight excluding hydrogens is 234 g/mol. The molecule has 19 heavy (non-hydrogen) atoms. The number of nitrogens with zero attached hydrogens (tertiary/aromatic N) is 2. The van der Waals surface area contributed by atoms with Gasteiger partial charge in [0.1, 0.15) is 0 Å². The molecule has 0 aliphatic heterocycles. The van der Waals surface area contributed by atoms with Crippen molar-refractivity contribution in [1.82, 2.24) is 15.1 Å². The van der Waals surface area contributed by atoms with Gasteiger partial charge in [-0.1, -0.05) is 30.3 Å². The van der Waals surface area contributed by atoms with Gasteiger partial charge in [0.2, 0.25) is 0 Å². The summed E-state index contributed by atoms with van der Waals surface area (Å²) >= 11 is 0. The summed E-state index contributed by atoms with van der Waals surface area (Å²) in [5.41, 5.74) is 2.64. The molecule has 3 heteroatoms. The number of hydrogen-bond acceptors (Lipinski definition) is 2. The average molecular weight is 257 g/mol. The second-order valence-electron chi connectivity index (χ2n) is 5.18. The minimum atomic E-state index is 0.454. The van der Waals surface area contributed by atoms with Crippen LogP contribution in [0.4, 0.5) is 0 Å². The van der Waals surface area contributed by atoms with E-state index in [0.29, 0.717) is 6.04 Å². The summed E-state index contributed by atoms with van der Waals surface area (Å²) in [6.07, 6.45) is 6.30. The predicted octanol–water partition coefficient (Wildman–Crippen LogP) is 2.80. The summed E-state index contributed by atoms with van der Waals surface area (Å²) < 4.78 is 2.00. The van der Waals surface area contributed by atoms with Crippen molar-refractivity contribution in [3.05, 3.63) is 53.9 Å². The Morgan fingerprint density at radius 1 is 1.26 bits per heavy atom. The first kappa shape index (κ1) is 13.8. The van der Waals surface area contributed by atoms with Crippen LogP contribution in [-0.2, 0) is 13.0 Å². The molecule has 0 aliphatic carbocycles. The zero-order chi connectivity index (χ0) is 13.5. The SMILES string of the molecule is Cc1cnn(C[C@H](C)NCCCc2ccccc2)c1. The number of benzene rings is 1. The Labute approximate surface area is 115 Å². The monoisotopic (exact) mass is 257 g/mol. The first-order valence-electron chi connectivity index (χ1n) is 7.00. The molecule has 1 aromatic heterocycles. The van der Waals surface area contributed by atoms with Crippen LogP contribution in [-0.4, -0.2) is 22.4 Å². The molecule has 0 fully saturated rings. The lowest BCUT2D eigenvalue weighted by Gasteiger charge is -2.13. The molecule has 0 radical (unpaired) electrons. The third-order valence-corrected chi connectivity index (χ3v) is 3.20. The summed E-state index contributed by atoms with van der Waals surface area (Å²) in [6, 6.07) is 11.1. The predicted molar refractivity (Wildman–Crippen MR) is 79.2 cm³/mol. The standard InChI is InChI=1S/C16H23N3/c1-14-11-18-19(12-14)13-15(2)17-10-6-9-16-7-4-3-5-8-16/h3-5,7-8,11-12,15,17H,6,9-10,13H2,1-2H3/t15-/m0/s1. The van der Waals surface area contributed by atoms with Crippen molar-refractivity contribution in [2.75, 3.05) is 6.54 Å². The van der Waals surface area contributed by atoms with Gasteiger partial charge >= 0.3 is 0 Å². The van der Waals surface area contributed by atoms with E-state index in [0.717, 1.165) is 19.5 Å². The van der Waals surface area contributed by atoms with E-state index in [4.69, 9.17) is 0 Å². The minimum absolute atomic E-state index is 0.454. The first-order valence-corrected chi connectivity index (χ1v) is 7.00. The molecule has 0 spiro atoms. The van der Waals surface area contributed by atoms with Gasteiger partial charge in [0.05, 0.1) is 12.7 Å². The first-order chi connectivity index (χ1) is 9.24. The van der Waals surface area contributed by atoms with E-state index in [1.807, 2.05) is 10.9 Å². The van der Waals surface area contributed by atoms with Gasteiger partial charge in [-0.05, 0) is 44.4 Å². The summed E-state index contributed by atoms with van der Waals surface area (Å²) in [5, 5.41) is 7.86. The Bertz CT molecular complexity index is 476. The second kappa shape index (κ2) is 7.10. The Balaban J connectivity index is 1.63. The van der Waals surface area contributed by atoms with Gasteiger partial charge in [-0.2, -0.15) is 5.10 Å². The lowest BCUT2D eigenvalue weighted by Crippen LogP contribution is -2.31. The third kappa shape index (κ3) is 4.87. The Morgan fingerprint density at radius 3 is 2.74 bits per heavy atom. The van der Waals surface area contributed by atoms with Crippen LogP contribution in [0.25, 0.3) is 0 Å². The molecule has 0 bridgehead atoms. The summed E-state index contributed by atoms with van der Waals surface area (Å²) in [4.78, 5) is 0. The summed E-state index contributed by atoms with van der Waals surface area (Å²) in [5.74, 6) is 0. The third-order valence-electron chi connectivity index (χ3n) is 3.20. The fourth-order valence-electron chi connectivity index (χ4n) is 2.20. The highest BCUT2D eigenvalue weighted by Crippen LogP contribution is 2.02. The van der Waals surface area contributed by atoms with Gasteiger partial charge in [-0.15, -0.1) is 0 Å². The van der Waals surface area contributed by atoms with Crippen molar-refractivity contribution in [2.24, 2.45) is 0 Å². The Hall–Kier alpha value is -1.61. The highest BCUT2D eigenvalue weighted by molar-refractivity contribution is 5.14. The normalized spacial score (nSPS) is 12.5. The average Bonchev–Trinajstić information content (AvgIpc) is 2.81. The van der Waals surface area contributed by atoms with Gasteiger partial charge in [-0.25, -0.2) is 0 Å². The van der Waals surface area contributed by atoms with Crippen molar-refractivity contribution < 1.29 is 0 Å². The van der Waals surface area contributed by atoms with Crippen molar-refractivity contribution in [3.63, 3.8) is 0 Å². The van der Waals surface area contributed by atoms with Crippen LogP contribution in [0, 0.1) is 6.92 Å². The maximum absolute atomic E-state index is 4.31. The van der Waals surface area contributed by atoms with E-state index in [2.05, 4.69) is 60.8 Å². The quantitative estimate of drug-likeness (QED) is 0.773. The molecule has 0 aliphatic rings. The highest BCUT2D eigenvalue weighted by Gasteiger charge is 2.03. The van der Waals surface area contributed by atoms with E-state index in [1.165, 1.54) is 17.5 Å². The molecule has 0 unspecified atom stereocenters. The second-order valence-corrected chi connectivity index (χ2v) is 5.18. The number of rotatable bonds is 7. The molecule has 2 aromatic rings. The molecule has 0 saturated heterocycles. The zero-order valence-electron chi connectivity index (χ0n) is 11.8. The highest BCUT2D eigenvalue weighted by atomic mass is 15.3. The number of hydrogen-bond donors (Lipinski definition) is 1. The van der Waals surface area contributed by atoms with Crippen LogP contribution in [0.3, 0.4) is 0 Å². The van der Waals surface area contributed by atoms with Crippen LogP contribution in [0.1, 0.15) is 24.5 Å². The number of aromatic nitrogens is 2. The number of nitrogens with one attached hydrogen (secondary N) is 1. The van der Waals surface area contributed by atoms with Crippen molar-refractivity contribution in [1.29, 1.82) is 0 Å². The molecule has 1 aromatic carbocycles. The maximum Gasteiger partial charge on any atom is 0.0560 e. The molecule has 3 nitrogen and oxygen atoms in total.